The lowest BCUT2D eigenvalue weighted by molar-refractivity contribution is 0.520. The molecule has 1 heterocycles. The van der Waals surface area contributed by atoms with Gasteiger partial charge in [0.2, 0.25) is 0 Å². The van der Waals surface area contributed by atoms with Gasteiger partial charge in [-0.05, 0) is 37.6 Å². The average molecular weight is 300 g/mol. The number of fused-ring (bicyclic) bond motifs is 1. The van der Waals surface area contributed by atoms with Crippen molar-refractivity contribution in [3.63, 3.8) is 0 Å². The molecule has 1 atom stereocenters. The molecule has 0 radical (unpaired) electrons. The van der Waals surface area contributed by atoms with Crippen molar-refractivity contribution in [2.24, 2.45) is 0 Å². The van der Waals surface area contributed by atoms with E-state index in [1.54, 1.807) is 0 Å². The first-order valence-corrected chi connectivity index (χ1v) is 7.59. The van der Waals surface area contributed by atoms with Gasteiger partial charge < -0.3 is 9.73 Å². The highest BCUT2D eigenvalue weighted by Gasteiger charge is 2.18. The fraction of sp³-hybridized carbons (Fsp3) is 0.222. The molecule has 0 spiro atoms. The van der Waals surface area contributed by atoms with Crippen LogP contribution in [0.5, 0.6) is 0 Å². The highest BCUT2D eigenvalue weighted by Crippen LogP contribution is 2.32. The third-order valence-corrected chi connectivity index (χ3v) is 3.92. The van der Waals surface area contributed by atoms with E-state index in [1.165, 1.54) is 10.9 Å². The van der Waals surface area contributed by atoms with Crippen molar-refractivity contribution in [3.8, 4) is 0 Å². The van der Waals surface area contributed by atoms with Gasteiger partial charge in [-0.2, -0.15) is 0 Å². The van der Waals surface area contributed by atoms with Crippen molar-refractivity contribution in [2.45, 2.75) is 26.3 Å². The van der Waals surface area contributed by atoms with Crippen molar-refractivity contribution in [3.05, 3.63) is 64.9 Å². The van der Waals surface area contributed by atoms with Crippen LogP contribution in [0.3, 0.4) is 0 Å². The van der Waals surface area contributed by atoms with Gasteiger partial charge in [0.25, 0.3) is 0 Å². The van der Waals surface area contributed by atoms with Gasteiger partial charge in [0.05, 0.1) is 6.04 Å². The summed E-state index contributed by atoms with van der Waals surface area (Å²) in [5.74, 6) is 0.999. The summed E-state index contributed by atoms with van der Waals surface area (Å²) in [5, 5.41) is 5.39. The second-order valence-corrected chi connectivity index (χ2v) is 5.61. The van der Waals surface area contributed by atoms with Crippen LogP contribution in [0.25, 0.3) is 11.0 Å². The number of hydrogen-bond donors (Lipinski definition) is 1. The summed E-state index contributed by atoms with van der Waals surface area (Å²) in [6.07, 6.45) is 0.952. The largest absolute Gasteiger partial charge is 0.459 e. The fourth-order valence-corrected chi connectivity index (χ4v) is 2.92. The first-order valence-electron chi connectivity index (χ1n) is 7.21. The minimum atomic E-state index is 0.0887. The monoisotopic (exact) mass is 299 g/mol. The summed E-state index contributed by atoms with van der Waals surface area (Å²) in [5.41, 5.74) is 3.22. The predicted octanol–water partition coefficient (Wildman–Crippen LogP) is 5.82. The summed E-state index contributed by atoms with van der Waals surface area (Å²) in [6, 6.07) is 16.0. The van der Waals surface area contributed by atoms with Crippen molar-refractivity contribution in [2.75, 3.05) is 5.32 Å². The highest BCUT2D eigenvalue weighted by atomic mass is 35.5. The van der Waals surface area contributed by atoms with Crippen LogP contribution in [0.1, 0.15) is 31.2 Å². The van der Waals surface area contributed by atoms with E-state index in [0.29, 0.717) is 0 Å². The second kappa shape index (κ2) is 5.82. The lowest BCUT2D eigenvalue weighted by Gasteiger charge is -2.14. The van der Waals surface area contributed by atoms with Crippen LogP contribution >= 0.6 is 11.6 Å². The summed E-state index contributed by atoms with van der Waals surface area (Å²) >= 11 is 6.03. The van der Waals surface area contributed by atoms with Crippen LogP contribution in [0.4, 0.5) is 5.69 Å². The molecule has 0 aliphatic heterocycles. The Labute approximate surface area is 129 Å². The van der Waals surface area contributed by atoms with E-state index in [4.69, 9.17) is 16.0 Å². The second-order valence-electron chi connectivity index (χ2n) is 5.17. The maximum Gasteiger partial charge on any atom is 0.134 e. The van der Waals surface area contributed by atoms with E-state index < -0.39 is 0 Å². The van der Waals surface area contributed by atoms with Gasteiger partial charge in [-0.1, -0.05) is 42.8 Å². The Morgan fingerprint density at radius 2 is 1.95 bits per heavy atom. The molecule has 2 aromatic carbocycles. The molecule has 21 heavy (non-hydrogen) atoms. The lowest BCUT2D eigenvalue weighted by Crippen LogP contribution is -2.07. The van der Waals surface area contributed by atoms with Crippen LogP contribution in [0.2, 0.25) is 5.02 Å². The van der Waals surface area contributed by atoms with Crippen LogP contribution in [0.15, 0.2) is 52.9 Å². The van der Waals surface area contributed by atoms with E-state index >= 15 is 0 Å². The first-order chi connectivity index (χ1) is 10.2. The van der Waals surface area contributed by atoms with Crippen molar-refractivity contribution in [1.29, 1.82) is 0 Å². The third kappa shape index (κ3) is 2.77. The molecule has 0 aliphatic rings. The predicted molar refractivity (Wildman–Crippen MR) is 89.1 cm³/mol. The zero-order chi connectivity index (χ0) is 14.8. The topological polar surface area (TPSA) is 25.2 Å². The van der Waals surface area contributed by atoms with Crippen LogP contribution in [-0.4, -0.2) is 0 Å². The number of furan rings is 1. The number of rotatable bonds is 4. The summed E-state index contributed by atoms with van der Waals surface area (Å²) in [7, 11) is 0. The van der Waals surface area contributed by atoms with Crippen molar-refractivity contribution >= 4 is 28.3 Å². The number of benzene rings is 2. The quantitative estimate of drug-likeness (QED) is 0.656. The molecule has 0 amide bonds. The van der Waals surface area contributed by atoms with E-state index in [0.717, 1.165) is 28.5 Å². The third-order valence-electron chi connectivity index (χ3n) is 3.68. The fourth-order valence-electron chi connectivity index (χ4n) is 2.73. The molecule has 3 heteroatoms. The normalized spacial score (nSPS) is 12.5. The van der Waals surface area contributed by atoms with Crippen molar-refractivity contribution < 1.29 is 4.42 Å². The van der Waals surface area contributed by atoms with E-state index in [1.807, 2.05) is 36.4 Å². The summed E-state index contributed by atoms with van der Waals surface area (Å²) < 4.78 is 6.06. The molecule has 3 aromatic rings. The Morgan fingerprint density at radius 3 is 2.71 bits per heavy atom. The lowest BCUT2D eigenvalue weighted by atomic mass is 10.0. The van der Waals surface area contributed by atoms with E-state index in [-0.39, 0.29) is 6.04 Å². The molecule has 0 aliphatic carbocycles. The molecular formula is C18H18ClNO. The zero-order valence-corrected chi connectivity index (χ0v) is 12.9. The maximum atomic E-state index is 6.06. The highest BCUT2D eigenvalue weighted by molar-refractivity contribution is 6.30. The number of hydrogen-bond acceptors (Lipinski definition) is 2. The van der Waals surface area contributed by atoms with Gasteiger partial charge in [-0.25, -0.2) is 0 Å². The summed E-state index contributed by atoms with van der Waals surface area (Å²) in [6.45, 7) is 4.27. The number of halogens is 1. The summed E-state index contributed by atoms with van der Waals surface area (Å²) in [4.78, 5) is 0. The molecule has 0 fully saturated rings. The molecule has 108 valence electrons. The number of aryl methyl sites for hydroxylation is 1. The minimum absolute atomic E-state index is 0.0887. The Bertz CT molecular complexity index is 763. The van der Waals surface area contributed by atoms with Crippen molar-refractivity contribution in [1.82, 2.24) is 0 Å². The SMILES string of the molecule is CCc1c(C(C)Nc2cccc(Cl)c2)oc2ccccc12. The molecule has 3 rings (SSSR count). The van der Waals surface area contributed by atoms with E-state index in [2.05, 4.69) is 31.3 Å². The molecule has 1 unspecified atom stereocenters. The molecule has 2 nitrogen and oxygen atoms in total. The number of anilines is 1. The molecule has 0 bridgehead atoms. The molecule has 1 N–H and O–H groups in total. The van der Waals surface area contributed by atoms with Gasteiger partial charge in [0, 0.05) is 21.7 Å². The Kier molecular flexibility index (Phi) is 3.89. The Balaban J connectivity index is 1.95. The molecule has 0 saturated heterocycles. The minimum Gasteiger partial charge on any atom is -0.459 e. The van der Waals surface area contributed by atoms with Gasteiger partial charge in [0.1, 0.15) is 11.3 Å². The standard InChI is InChI=1S/C18H18ClNO/c1-3-15-16-9-4-5-10-17(16)21-18(15)12(2)20-14-8-6-7-13(19)11-14/h4-12,20H,3H2,1-2H3. The molecule has 0 saturated carbocycles. The number of para-hydroxylation sites is 1. The first kappa shape index (κ1) is 14.0. The smallest absolute Gasteiger partial charge is 0.134 e. The van der Waals surface area contributed by atoms with Gasteiger partial charge >= 0.3 is 0 Å². The number of nitrogens with one attached hydrogen (secondary N) is 1. The zero-order valence-electron chi connectivity index (χ0n) is 12.2. The Morgan fingerprint density at radius 1 is 1.14 bits per heavy atom. The van der Waals surface area contributed by atoms with Crippen LogP contribution in [-0.2, 0) is 6.42 Å². The molecular weight excluding hydrogens is 282 g/mol. The Hall–Kier alpha value is -1.93. The van der Waals surface area contributed by atoms with E-state index in [9.17, 15) is 0 Å². The maximum absolute atomic E-state index is 6.06. The van der Waals surface area contributed by atoms with Gasteiger partial charge in [-0.3, -0.25) is 0 Å². The average Bonchev–Trinajstić information content (AvgIpc) is 2.86. The molecule has 1 aromatic heterocycles. The van der Waals surface area contributed by atoms with Gasteiger partial charge in [-0.15, -0.1) is 0 Å². The van der Waals surface area contributed by atoms with Gasteiger partial charge in [0.15, 0.2) is 0 Å². The van der Waals surface area contributed by atoms with Crippen LogP contribution in [0, 0.1) is 0 Å². The van der Waals surface area contributed by atoms with Crippen LogP contribution < -0.4 is 5.32 Å².